The number of nitro benzene ring substituents is 1. The molecule has 0 saturated heterocycles. The Morgan fingerprint density at radius 3 is 2.73 bits per heavy atom. The summed E-state index contributed by atoms with van der Waals surface area (Å²) in [7, 11) is 0. The summed E-state index contributed by atoms with van der Waals surface area (Å²) in [6, 6.07) is 6.61. The Bertz CT molecular complexity index is 512. The Labute approximate surface area is 98.6 Å². The van der Waals surface area contributed by atoms with E-state index in [2.05, 4.69) is 21.8 Å². The second-order valence-electron chi connectivity index (χ2n) is 2.79. The molecule has 74 valence electrons. The number of aromatic nitrogens is 1. The van der Waals surface area contributed by atoms with Gasteiger partial charge in [0.15, 0.2) is 0 Å². The molecule has 0 unspecified atom stereocenters. The van der Waals surface area contributed by atoms with Gasteiger partial charge in [-0.15, -0.1) is 0 Å². The third kappa shape index (κ3) is 2.08. The van der Waals surface area contributed by atoms with Gasteiger partial charge in [0.05, 0.1) is 0 Å². The van der Waals surface area contributed by atoms with E-state index in [4.69, 9.17) is 0 Å². The molecule has 1 heterocycles. The van der Waals surface area contributed by atoms with Crippen LogP contribution in [0.2, 0.25) is 0 Å². The molecule has 0 aliphatic rings. The first-order valence-electron chi connectivity index (χ1n) is 4.07. The summed E-state index contributed by atoms with van der Waals surface area (Å²) in [5, 5.41) is 12.6. The number of nitrogens with zero attached hydrogens (tertiary/aromatic N) is 2. The number of nitro groups is 1. The molecule has 0 amide bonds. The second-order valence-corrected chi connectivity index (χ2v) is 5.19. The molecule has 0 aliphatic heterocycles. The zero-order valence-electron chi connectivity index (χ0n) is 7.45. The van der Waals surface area contributed by atoms with Gasteiger partial charge in [-0.25, -0.2) is 0 Å². The Kier molecular flexibility index (Phi) is 2.84. The Hall–Kier alpha value is -1.19. The number of rotatable bonds is 2. The fraction of sp³-hybridized carbons (Fsp3) is 0. The minimum atomic E-state index is -0.390. The molecule has 0 fully saturated rings. The first-order chi connectivity index (χ1) is 7.18. The van der Waals surface area contributed by atoms with Crippen LogP contribution in [0.15, 0.2) is 29.6 Å². The Morgan fingerprint density at radius 1 is 1.40 bits per heavy atom. The van der Waals surface area contributed by atoms with Crippen LogP contribution in [0, 0.1) is 10.1 Å². The SMILES string of the molecule is O=[N+]([O-])c1ccccc1-c1csc([As])n1. The Balaban J connectivity index is 2.57. The predicted molar refractivity (Wildman–Crippen MR) is 59.6 cm³/mol. The number of para-hydroxylation sites is 1. The van der Waals surface area contributed by atoms with Crippen LogP contribution in [-0.4, -0.2) is 26.8 Å². The van der Waals surface area contributed by atoms with Crippen molar-refractivity contribution < 1.29 is 4.92 Å². The van der Waals surface area contributed by atoms with Gasteiger partial charge in [-0.3, -0.25) is 0 Å². The molecule has 1 aromatic carbocycles. The van der Waals surface area contributed by atoms with Crippen LogP contribution in [-0.2, 0) is 0 Å². The first-order valence-corrected chi connectivity index (χ1v) is 5.88. The van der Waals surface area contributed by atoms with Crippen molar-refractivity contribution in [2.75, 3.05) is 0 Å². The number of hydrogen-bond acceptors (Lipinski definition) is 4. The van der Waals surface area contributed by atoms with Crippen LogP contribution in [0.25, 0.3) is 11.3 Å². The van der Waals surface area contributed by atoms with E-state index in [1.807, 2.05) is 5.38 Å². The van der Waals surface area contributed by atoms with Crippen molar-refractivity contribution in [3.63, 3.8) is 0 Å². The first kappa shape index (κ1) is 10.3. The van der Waals surface area contributed by atoms with Gasteiger partial charge in [-0.05, 0) is 0 Å². The monoisotopic (exact) mass is 280 g/mol. The van der Waals surface area contributed by atoms with Crippen LogP contribution < -0.4 is 3.80 Å². The van der Waals surface area contributed by atoms with Crippen molar-refractivity contribution in [2.45, 2.75) is 0 Å². The molecule has 4 nitrogen and oxygen atoms in total. The minimum absolute atomic E-state index is 0.0929. The van der Waals surface area contributed by atoms with E-state index >= 15 is 0 Å². The van der Waals surface area contributed by atoms with E-state index in [0.29, 0.717) is 11.3 Å². The third-order valence-electron chi connectivity index (χ3n) is 1.87. The Morgan fingerprint density at radius 2 is 2.13 bits per heavy atom. The van der Waals surface area contributed by atoms with Crippen molar-refractivity contribution in [3.8, 4) is 11.3 Å². The molecule has 0 atom stereocenters. The maximum atomic E-state index is 10.8. The quantitative estimate of drug-likeness (QED) is 0.476. The van der Waals surface area contributed by atoms with Gasteiger partial charge in [0, 0.05) is 0 Å². The third-order valence-corrected chi connectivity index (χ3v) is 3.39. The number of benzene rings is 1. The number of hydrogen-bond donors (Lipinski definition) is 0. The van der Waals surface area contributed by atoms with Gasteiger partial charge in [-0.1, -0.05) is 0 Å². The molecule has 2 radical (unpaired) electrons. The van der Waals surface area contributed by atoms with Crippen molar-refractivity contribution >= 4 is 37.7 Å². The van der Waals surface area contributed by atoms with Crippen molar-refractivity contribution in [1.29, 1.82) is 0 Å². The predicted octanol–water partition coefficient (Wildman–Crippen LogP) is 1.51. The molecule has 6 heteroatoms. The van der Waals surface area contributed by atoms with E-state index in [1.54, 1.807) is 18.2 Å². The van der Waals surface area contributed by atoms with Crippen LogP contribution in [0.3, 0.4) is 0 Å². The van der Waals surface area contributed by atoms with E-state index < -0.39 is 4.92 Å². The zero-order valence-corrected chi connectivity index (χ0v) is 10.1. The molecule has 15 heavy (non-hydrogen) atoms. The summed E-state index contributed by atoms with van der Waals surface area (Å²) in [6.07, 6.45) is 0. The van der Waals surface area contributed by atoms with E-state index in [0.717, 1.165) is 3.80 Å². The van der Waals surface area contributed by atoms with Gasteiger partial charge in [-0.2, -0.15) is 0 Å². The van der Waals surface area contributed by atoms with Crippen molar-refractivity contribution in [3.05, 3.63) is 39.8 Å². The summed E-state index contributed by atoms with van der Waals surface area (Å²) >= 11 is 3.79. The maximum absolute atomic E-state index is 10.8. The van der Waals surface area contributed by atoms with Crippen LogP contribution in [0.1, 0.15) is 0 Å². The fourth-order valence-electron chi connectivity index (χ4n) is 1.24. The summed E-state index contributed by atoms with van der Waals surface area (Å²) < 4.78 is 0.843. The molecular formula is C9H5AsN2O2S. The average molecular weight is 280 g/mol. The number of thiazole rings is 1. The molecule has 0 N–H and O–H groups in total. The van der Waals surface area contributed by atoms with E-state index in [1.165, 1.54) is 17.4 Å². The summed E-state index contributed by atoms with van der Waals surface area (Å²) in [5.74, 6) is 0. The van der Waals surface area contributed by atoms with E-state index in [-0.39, 0.29) is 5.69 Å². The molecular weight excluding hydrogens is 275 g/mol. The van der Waals surface area contributed by atoms with Gasteiger partial charge < -0.3 is 0 Å². The fourth-order valence-corrected chi connectivity index (χ4v) is 2.34. The molecule has 0 bridgehead atoms. The zero-order chi connectivity index (χ0) is 10.8. The normalized spacial score (nSPS) is 10.2. The summed E-state index contributed by atoms with van der Waals surface area (Å²) in [6.45, 7) is 0. The molecule has 0 aliphatic carbocycles. The topological polar surface area (TPSA) is 56.0 Å². The average Bonchev–Trinajstić information content (AvgIpc) is 2.65. The van der Waals surface area contributed by atoms with Crippen LogP contribution in [0.4, 0.5) is 5.69 Å². The molecule has 2 aromatic rings. The molecule has 0 spiro atoms. The van der Waals surface area contributed by atoms with Gasteiger partial charge >= 0.3 is 98.6 Å². The second kappa shape index (κ2) is 4.12. The summed E-state index contributed by atoms with van der Waals surface area (Å²) in [4.78, 5) is 14.6. The molecule has 2 rings (SSSR count). The van der Waals surface area contributed by atoms with Crippen molar-refractivity contribution in [1.82, 2.24) is 4.98 Å². The summed E-state index contributed by atoms with van der Waals surface area (Å²) in [5.41, 5.74) is 1.31. The van der Waals surface area contributed by atoms with Crippen molar-refractivity contribution in [2.24, 2.45) is 0 Å². The van der Waals surface area contributed by atoms with Gasteiger partial charge in [0.2, 0.25) is 0 Å². The standard InChI is InChI=1S/C9H5AsN2O2S/c10-9-11-7(5-15-9)6-3-1-2-4-8(6)12(13)14/h1-5H. The molecule has 1 aromatic heterocycles. The van der Waals surface area contributed by atoms with Crippen LogP contribution >= 0.6 is 11.3 Å². The molecule has 0 saturated carbocycles. The van der Waals surface area contributed by atoms with E-state index in [9.17, 15) is 10.1 Å². The van der Waals surface area contributed by atoms with Gasteiger partial charge in [0.1, 0.15) is 0 Å². The van der Waals surface area contributed by atoms with Crippen LogP contribution in [0.5, 0.6) is 0 Å². The van der Waals surface area contributed by atoms with Gasteiger partial charge in [0.25, 0.3) is 0 Å².